The smallest absolute Gasteiger partial charge is 0.335 e. The van der Waals surface area contributed by atoms with Gasteiger partial charge in [0.1, 0.15) is 11.6 Å². The van der Waals surface area contributed by atoms with E-state index in [0.29, 0.717) is 23.1 Å². The lowest BCUT2D eigenvalue weighted by atomic mass is 10.1. The predicted octanol–water partition coefficient (Wildman–Crippen LogP) is 2.45. The largest absolute Gasteiger partial charge is 0.478 e. The summed E-state index contributed by atoms with van der Waals surface area (Å²) >= 11 is 0. The van der Waals surface area contributed by atoms with Crippen LogP contribution in [0, 0.1) is 6.92 Å². The zero-order valence-corrected chi connectivity index (χ0v) is 11.4. The van der Waals surface area contributed by atoms with Crippen molar-refractivity contribution in [1.29, 1.82) is 0 Å². The molecule has 0 radical (unpaired) electrons. The molecule has 1 heterocycles. The molecule has 3 rings (SSSR count). The van der Waals surface area contributed by atoms with Crippen molar-refractivity contribution in [1.82, 2.24) is 9.97 Å². The second-order valence-corrected chi connectivity index (χ2v) is 5.13. The summed E-state index contributed by atoms with van der Waals surface area (Å²) in [4.78, 5) is 29.5. The number of benzene rings is 1. The average molecular weight is 286 g/mol. The second-order valence-electron chi connectivity index (χ2n) is 5.13. The average Bonchev–Trinajstić information content (AvgIpc) is 3.24. The van der Waals surface area contributed by atoms with Crippen LogP contribution in [0.15, 0.2) is 29.1 Å². The van der Waals surface area contributed by atoms with Crippen LogP contribution in [0.2, 0.25) is 0 Å². The molecule has 0 bridgehead atoms. The molecule has 1 aliphatic carbocycles. The zero-order chi connectivity index (χ0) is 15.0. The predicted molar refractivity (Wildman–Crippen MR) is 75.0 cm³/mol. The standard InChI is InChI=1S/C15H14N2O4/c1-8-6-10(15(19)20)4-5-11(8)21-13-7-12(18)16-14(17-13)9-2-3-9/h4-7,9H,2-3H2,1H3,(H,19,20)(H,16,17,18). The number of nitrogens with one attached hydrogen (secondary N) is 1. The number of aromatic nitrogens is 2. The number of hydrogen-bond acceptors (Lipinski definition) is 4. The molecule has 1 aromatic heterocycles. The fraction of sp³-hybridized carbons (Fsp3) is 0.267. The maximum Gasteiger partial charge on any atom is 0.335 e. The van der Waals surface area contributed by atoms with E-state index in [-0.39, 0.29) is 17.0 Å². The Morgan fingerprint density at radius 3 is 2.76 bits per heavy atom. The van der Waals surface area contributed by atoms with Gasteiger partial charge in [-0.05, 0) is 43.5 Å². The van der Waals surface area contributed by atoms with Crippen LogP contribution < -0.4 is 10.3 Å². The summed E-state index contributed by atoms with van der Waals surface area (Å²) in [7, 11) is 0. The van der Waals surface area contributed by atoms with E-state index in [1.807, 2.05) is 0 Å². The highest BCUT2D eigenvalue weighted by atomic mass is 16.5. The highest BCUT2D eigenvalue weighted by Crippen LogP contribution is 2.38. The third kappa shape index (κ3) is 2.94. The fourth-order valence-electron chi connectivity index (χ4n) is 2.07. The van der Waals surface area contributed by atoms with Gasteiger partial charge >= 0.3 is 5.97 Å². The number of carbonyl (C=O) groups is 1. The summed E-state index contributed by atoms with van der Waals surface area (Å²) in [5.41, 5.74) is 0.615. The first-order valence-corrected chi connectivity index (χ1v) is 6.66. The molecule has 0 unspecified atom stereocenters. The van der Waals surface area contributed by atoms with Crippen molar-refractivity contribution >= 4 is 5.97 Å². The minimum atomic E-state index is -0.991. The van der Waals surface area contributed by atoms with Crippen LogP contribution in [0.25, 0.3) is 0 Å². The number of aryl methyl sites for hydroxylation is 1. The Hall–Kier alpha value is -2.63. The molecular formula is C15H14N2O4. The van der Waals surface area contributed by atoms with Gasteiger partial charge in [0, 0.05) is 5.92 Å². The molecule has 0 amide bonds. The van der Waals surface area contributed by atoms with Crippen LogP contribution in [0.5, 0.6) is 11.6 Å². The summed E-state index contributed by atoms with van der Waals surface area (Å²) in [5.74, 6) is 0.690. The summed E-state index contributed by atoms with van der Waals surface area (Å²) in [6.45, 7) is 1.75. The summed E-state index contributed by atoms with van der Waals surface area (Å²) in [5, 5.41) is 8.93. The van der Waals surface area contributed by atoms with Gasteiger partial charge in [-0.2, -0.15) is 4.98 Å². The van der Waals surface area contributed by atoms with E-state index >= 15 is 0 Å². The molecule has 1 aromatic carbocycles. The first kappa shape index (κ1) is 13.4. The molecule has 21 heavy (non-hydrogen) atoms. The van der Waals surface area contributed by atoms with Crippen LogP contribution in [0.4, 0.5) is 0 Å². The van der Waals surface area contributed by atoms with Crippen LogP contribution >= 0.6 is 0 Å². The molecule has 0 saturated heterocycles. The SMILES string of the molecule is Cc1cc(C(=O)O)ccc1Oc1cc(=O)[nH]c(C2CC2)n1. The Morgan fingerprint density at radius 2 is 2.14 bits per heavy atom. The molecular weight excluding hydrogens is 272 g/mol. The normalized spacial score (nSPS) is 14.0. The minimum absolute atomic E-state index is 0.192. The Labute approximate surface area is 120 Å². The Bertz CT molecular complexity index is 763. The summed E-state index contributed by atoms with van der Waals surface area (Å²) in [6, 6.07) is 5.83. The number of carboxylic acids is 1. The Kier molecular flexibility index (Phi) is 3.21. The lowest BCUT2D eigenvalue weighted by Crippen LogP contribution is -2.10. The second kappa shape index (κ2) is 5.05. The number of H-pyrrole nitrogens is 1. The molecule has 2 aromatic rings. The lowest BCUT2D eigenvalue weighted by molar-refractivity contribution is 0.0697. The van der Waals surface area contributed by atoms with Crippen molar-refractivity contribution < 1.29 is 14.6 Å². The van der Waals surface area contributed by atoms with Crippen molar-refractivity contribution in [2.24, 2.45) is 0 Å². The zero-order valence-electron chi connectivity index (χ0n) is 11.4. The monoisotopic (exact) mass is 286 g/mol. The van der Waals surface area contributed by atoms with Crippen molar-refractivity contribution in [2.45, 2.75) is 25.7 Å². The van der Waals surface area contributed by atoms with E-state index in [4.69, 9.17) is 9.84 Å². The highest BCUT2D eigenvalue weighted by Gasteiger charge is 2.26. The van der Waals surface area contributed by atoms with Crippen LogP contribution in [-0.2, 0) is 0 Å². The number of nitrogens with zero attached hydrogens (tertiary/aromatic N) is 1. The van der Waals surface area contributed by atoms with Gasteiger partial charge < -0.3 is 14.8 Å². The first-order chi connectivity index (χ1) is 10.0. The quantitative estimate of drug-likeness (QED) is 0.900. The van der Waals surface area contributed by atoms with Crippen molar-refractivity contribution in [3.05, 3.63) is 51.6 Å². The number of ether oxygens (including phenoxy) is 1. The van der Waals surface area contributed by atoms with Gasteiger partial charge in [-0.15, -0.1) is 0 Å². The van der Waals surface area contributed by atoms with Crippen LogP contribution in [0.1, 0.15) is 40.5 Å². The number of aromatic amines is 1. The van der Waals surface area contributed by atoms with E-state index in [1.54, 1.807) is 13.0 Å². The van der Waals surface area contributed by atoms with Gasteiger partial charge in [0.05, 0.1) is 11.6 Å². The Morgan fingerprint density at radius 1 is 1.38 bits per heavy atom. The maximum atomic E-state index is 11.6. The molecule has 6 nitrogen and oxygen atoms in total. The topological polar surface area (TPSA) is 92.3 Å². The number of rotatable bonds is 4. The van der Waals surface area contributed by atoms with E-state index in [0.717, 1.165) is 12.8 Å². The fourth-order valence-corrected chi connectivity index (χ4v) is 2.07. The van der Waals surface area contributed by atoms with Crippen molar-refractivity contribution in [3.63, 3.8) is 0 Å². The molecule has 1 aliphatic rings. The third-order valence-corrected chi connectivity index (χ3v) is 3.34. The minimum Gasteiger partial charge on any atom is -0.478 e. The van der Waals surface area contributed by atoms with E-state index < -0.39 is 5.97 Å². The molecule has 0 spiro atoms. The lowest BCUT2D eigenvalue weighted by Gasteiger charge is -2.09. The summed E-state index contributed by atoms with van der Waals surface area (Å²) in [6.07, 6.45) is 2.05. The van der Waals surface area contributed by atoms with E-state index in [9.17, 15) is 9.59 Å². The third-order valence-electron chi connectivity index (χ3n) is 3.34. The van der Waals surface area contributed by atoms with Crippen LogP contribution in [0.3, 0.4) is 0 Å². The van der Waals surface area contributed by atoms with Crippen molar-refractivity contribution in [3.8, 4) is 11.6 Å². The van der Waals surface area contributed by atoms with Crippen LogP contribution in [-0.4, -0.2) is 21.0 Å². The summed E-state index contributed by atoms with van der Waals surface area (Å²) < 4.78 is 5.62. The maximum absolute atomic E-state index is 11.6. The van der Waals surface area contributed by atoms with E-state index in [2.05, 4.69) is 9.97 Å². The first-order valence-electron chi connectivity index (χ1n) is 6.66. The molecule has 0 aliphatic heterocycles. The van der Waals surface area contributed by atoms with Gasteiger partial charge in [0.15, 0.2) is 0 Å². The highest BCUT2D eigenvalue weighted by molar-refractivity contribution is 5.88. The molecule has 1 fully saturated rings. The van der Waals surface area contributed by atoms with Gasteiger partial charge in [-0.1, -0.05) is 0 Å². The number of carboxylic acid groups (broad SMARTS) is 1. The van der Waals surface area contributed by atoms with Gasteiger partial charge in [0.25, 0.3) is 5.56 Å². The molecule has 1 saturated carbocycles. The molecule has 0 atom stereocenters. The number of hydrogen-bond donors (Lipinski definition) is 2. The molecule has 6 heteroatoms. The van der Waals surface area contributed by atoms with Crippen molar-refractivity contribution in [2.75, 3.05) is 0 Å². The van der Waals surface area contributed by atoms with Gasteiger partial charge in [-0.25, -0.2) is 4.79 Å². The van der Waals surface area contributed by atoms with Gasteiger partial charge in [-0.3, -0.25) is 4.79 Å². The van der Waals surface area contributed by atoms with Gasteiger partial charge in [0.2, 0.25) is 5.88 Å². The molecule has 108 valence electrons. The molecule has 2 N–H and O–H groups in total. The number of aromatic carboxylic acids is 1. The van der Waals surface area contributed by atoms with E-state index in [1.165, 1.54) is 18.2 Å². The Balaban J connectivity index is 1.89.